The number of nitrogen functional groups attached to an aromatic ring is 1. The highest BCUT2D eigenvalue weighted by Crippen LogP contribution is 2.37. The lowest BCUT2D eigenvalue weighted by Crippen LogP contribution is -2.11. The third-order valence-corrected chi connectivity index (χ3v) is 6.42. The van der Waals surface area contributed by atoms with Crippen molar-refractivity contribution in [1.82, 2.24) is 0 Å². The minimum absolute atomic E-state index is 0.643. The van der Waals surface area contributed by atoms with Crippen LogP contribution in [0.1, 0.15) is 16.7 Å². The Morgan fingerprint density at radius 2 is 1.47 bits per heavy atom. The predicted octanol–water partition coefficient (Wildman–Crippen LogP) is 7.15. The number of benzene rings is 4. The fraction of sp³-hybridized carbons (Fsp3) is 0.0345. The monoisotopic (exact) mass is 460 g/mol. The van der Waals surface area contributed by atoms with Gasteiger partial charge in [0.2, 0.25) is 0 Å². The van der Waals surface area contributed by atoms with Gasteiger partial charge in [-0.1, -0.05) is 90.5 Å². The van der Waals surface area contributed by atoms with E-state index in [2.05, 4.69) is 61.5 Å². The van der Waals surface area contributed by atoms with Gasteiger partial charge in [0, 0.05) is 11.1 Å². The lowest BCUT2D eigenvalue weighted by atomic mass is 10.1. The lowest BCUT2D eigenvalue weighted by molar-refractivity contribution is 1.08. The number of para-hydroxylation sites is 3. The Hall–Kier alpha value is -4.09. The molecule has 0 radical (unpaired) electrons. The van der Waals surface area contributed by atoms with Crippen molar-refractivity contribution < 1.29 is 0 Å². The van der Waals surface area contributed by atoms with Crippen LogP contribution in [0, 0.1) is 6.92 Å². The highest BCUT2D eigenvalue weighted by atomic mass is 32.2. The summed E-state index contributed by atoms with van der Waals surface area (Å²) in [4.78, 5) is 4.95. The molecule has 0 unspecified atom stereocenters. The van der Waals surface area contributed by atoms with E-state index in [1.54, 1.807) is 11.8 Å². The molecule has 1 heterocycles. The first-order chi connectivity index (χ1) is 16.7. The van der Waals surface area contributed by atoms with E-state index in [0.717, 1.165) is 38.3 Å². The van der Waals surface area contributed by atoms with E-state index in [1.807, 2.05) is 65.7 Å². The van der Waals surface area contributed by atoms with Crippen molar-refractivity contribution >= 4 is 39.6 Å². The number of hydrogen-bond donors (Lipinski definition) is 1. The smallest absolute Gasteiger partial charge is 0.131 e. The molecule has 0 bridgehead atoms. The standard InChI is InChI=1S/C29H24N4S/c1-21-16-18-23(19-17-21)29-32-33(24-12-6-3-7-13-24)28(34-29)20-27(22-10-4-2-5-11-22)31-26-15-9-8-14-25(26)30/h2-20H,30H2,1H3. The largest absolute Gasteiger partial charge is 0.397 e. The molecule has 4 aromatic carbocycles. The average molecular weight is 461 g/mol. The summed E-state index contributed by atoms with van der Waals surface area (Å²) in [6, 6.07) is 36.5. The summed E-state index contributed by atoms with van der Waals surface area (Å²) in [5.41, 5.74) is 12.7. The van der Waals surface area contributed by atoms with Crippen LogP contribution in [0.3, 0.4) is 0 Å². The van der Waals surface area contributed by atoms with E-state index < -0.39 is 0 Å². The molecule has 5 rings (SSSR count). The zero-order valence-corrected chi connectivity index (χ0v) is 19.6. The molecule has 1 aliphatic heterocycles. The summed E-state index contributed by atoms with van der Waals surface area (Å²) >= 11 is 1.64. The number of aryl methyl sites for hydroxylation is 1. The highest BCUT2D eigenvalue weighted by molar-refractivity contribution is 8.18. The molecule has 0 aromatic heterocycles. The van der Waals surface area contributed by atoms with E-state index in [9.17, 15) is 0 Å². The summed E-state index contributed by atoms with van der Waals surface area (Å²) in [6.07, 6.45) is 2.09. The fourth-order valence-electron chi connectivity index (χ4n) is 3.59. The van der Waals surface area contributed by atoms with Crippen molar-refractivity contribution in [2.24, 2.45) is 10.1 Å². The van der Waals surface area contributed by atoms with Gasteiger partial charge < -0.3 is 5.73 Å². The van der Waals surface area contributed by atoms with Crippen LogP contribution in [-0.2, 0) is 0 Å². The van der Waals surface area contributed by atoms with E-state index in [0.29, 0.717) is 5.69 Å². The van der Waals surface area contributed by atoms with Crippen LogP contribution in [0.2, 0.25) is 0 Å². The van der Waals surface area contributed by atoms with Crippen LogP contribution in [0.15, 0.2) is 130 Å². The van der Waals surface area contributed by atoms with Gasteiger partial charge >= 0.3 is 0 Å². The first-order valence-corrected chi connectivity index (χ1v) is 11.9. The van der Waals surface area contributed by atoms with Crippen LogP contribution < -0.4 is 10.7 Å². The molecule has 2 N–H and O–H groups in total. The highest BCUT2D eigenvalue weighted by Gasteiger charge is 2.25. The molecule has 166 valence electrons. The number of nitrogens with two attached hydrogens (primary N) is 1. The van der Waals surface area contributed by atoms with Gasteiger partial charge in [-0.3, -0.25) is 0 Å². The second kappa shape index (κ2) is 9.81. The van der Waals surface area contributed by atoms with Gasteiger partial charge in [0.25, 0.3) is 0 Å². The number of rotatable bonds is 5. The average Bonchev–Trinajstić information content (AvgIpc) is 3.30. The van der Waals surface area contributed by atoms with Crippen molar-refractivity contribution in [3.05, 3.63) is 137 Å². The van der Waals surface area contributed by atoms with Gasteiger partial charge in [-0.15, -0.1) is 0 Å². The zero-order valence-electron chi connectivity index (χ0n) is 18.8. The summed E-state index contributed by atoms with van der Waals surface area (Å²) in [5.74, 6) is 0. The molecular formula is C29H24N4S. The molecule has 4 aromatic rings. The molecule has 0 saturated carbocycles. The van der Waals surface area contributed by atoms with Crippen LogP contribution in [0.5, 0.6) is 0 Å². The molecule has 4 nitrogen and oxygen atoms in total. The summed E-state index contributed by atoms with van der Waals surface area (Å²) in [6.45, 7) is 2.09. The van der Waals surface area contributed by atoms with Gasteiger partial charge in [0.1, 0.15) is 10.1 Å². The maximum atomic E-state index is 6.22. The van der Waals surface area contributed by atoms with Gasteiger partial charge in [-0.25, -0.2) is 10.0 Å². The number of anilines is 2. The van der Waals surface area contributed by atoms with Crippen molar-refractivity contribution in [2.75, 3.05) is 10.7 Å². The molecule has 0 amide bonds. The third-order valence-electron chi connectivity index (χ3n) is 5.41. The van der Waals surface area contributed by atoms with E-state index in [1.165, 1.54) is 5.56 Å². The van der Waals surface area contributed by atoms with Crippen LogP contribution in [0.25, 0.3) is 0 Å². The molecular weight excluding hydrogens is 436 g/mol. The SMILES string of the molecule is Cc1ccc(C2=NN(c3ccccc3)C(=CC(=Nc3ccccc3N)c3ccccc3)S2)cc1. The van der Waals surface area contributed by atoms with Gasteiger partial charge in [0.05, 0.1) is 22.8 Å². The maximum Gasteiger partial charge on any atom is 0.131 e. The molecule has 0 fully saturated rings. The Balaban J connectivity index is 1.62. The Kier molecular flexibility index (Phi) is 6.27. The van der Waals surface area contributed by atoms with Crippen molar-refractivity contribution in [2.45, 2.75) is 6.92 Å². The number of aliphatic imine (C=N–C) groups is 1. The number of hydrazone groups is 1. The molecule has 1 aliphatic rings. The first kappa shape index (κ1) is 21.7. The van der Waals surface area contributed by atoms with Crippen molar-refractivity contribution in [1.29, 1.82) is 0 Å². The minimum Gasteiger partial charge on any atom is -0.397 e. The van der Waals surface area contributed by atoms with Crippen molar-refractivity contribution in [3.63, 3.8) is 0 Å². The van der Waals surface area contributed by atoms with Crippen LogP contribution in [-0.4, -0.2) is 10.8 Å². The Morgan fingerprint density at radius 3 is 2.18 bits per heavy atom. The maximum absolute atomic E-state index is 6.22. The van der Waals surface area contributed by atoms with Gasteiger partial charge in [-0.05, 0) is 49.0 Å². The minimum atomic E-state index is 0.643. The summed E-state index contributed by atoms with van der Waals surface area (Å²) in [7, 11) is 0. The molecule has 0 saturated heterocycles. The zero-order chi connectivity index (χ0) is 23.3. The van der Waals surface area contributed by atoms with Crippen LogP contribution in [0.4, 0.5) is 17.1 Å². The van der Waals surface area contributed by atoms with Gasteiger partial charge in [0.15, 0.2) is 0 Å². The first-order valence-electron chi connectivity index (χ1n) is 11.1. The van der Waals surface area contributed by atoms with E-state index in [-0.39, 0.29) is 0 Å². The van der Waals surface area contributed by atoms with Crippen LogP contribution >= 0.6 is 11.8 Å². The Bertz CT molecular complexity index is 1370. The molecule has 0 spiro atoms. The normalized spacial score (nSPS) is 15.0. The molecule has 34 heavy (non-hydrogen) atoms. The lowest BCUT2D eigenvalue weighted by Gasteiger charge is -2.16. The number of nitrogens with zero attached hydrogens (tertiary/aromatic N) is 3. The quantitative estimate of drug-likeness (QED) is 0.254. The predicted molar refractivity (Wildman–Crippen MR) is 146 cm³/mol. The third kappa shape index (κ3) is 4.80. The molecule has 0 aliphatic carbocycles. The van der Waals surface area contributed by atoms with Crippen molar-refractivity contribution in [3.8, 4) is 0 Å². The summed E-state index contributed by atoms with van der Waals surface area (Å²) in [5, 5.41) is 8.87. The molecule has 0 atom stereocenters. The topological polar surface area (TPSA) is 54.0 Å². The fourth-order valence-corrected chi connectivity index (χ4v) is 4.56. The van der Waals surface area contributed by atoms with E-state index >= 15 is 0 Å². The number of hydrogen-bond acceptors (Lipinski definition) is 5. The molecule has 5 heteroatoms. The Labute approximate surface area is 204 Å². The second-order valence-corrected chi connectivity index (χ2v) is 8.93. The van der Waals surface area contributed by atoms with Gasteiger partial charge in [-0.2, -0.15) is 5.10 Å². The number of thioether (sulfide) groups is 1. The number of allylic oxidation sites excluding steroid dienone is 1. The Morgan fingerprint density at radius 1 is 0.824 bits per heavy atom. The second-order valence-electron chi connectivity index (χ2n) is 7.93. The summed E-state index contributed by atoms with van der Waals surface area (Å²) < 4.78 is 0. The van der Waals surface area contributed by atoms with E-state index in [4.69, 9.17) is 15.8 Å².